The fourth-order valence-corrected chi connectivity index (χ4v) is 4.04. The molecule has 1 aliphatic rings. The molecule has 26 heavy (non-hydrogen) atoms. The maximum atomic E-state index is 12.1. The van der Waals surface area contributed by atoms with Gasteiger partial charge in [0.05, 0.1) is 11.3 Å². The average Bonchev–Trinajstić information content (AvgIpc) is 3.00. The van der Waals surface area contributed by atoms with Gasteiger partial charge >= 0.3 is 5.97 Å². The van der Waals surface area contributed by atoms with Gasteiger partial charge in [-0.2, -0.15) is 0 Å². The molecule has 5 nitrogen and oxygen atoms in total. The Kier molecular flexibility index (Phi) is 4.24. The highest BCUT2D eigenvalue weighted by Crippen LogP contribution is 2.34. The van der Waals surface area contributed by atoms with E-state index in [0.717, 1.165) is 53.8 Å². The van der Waals surface area contributed by atoms with Crippen LogP contribution in [-0.4, -0.2) is 34.1 Å². The van der Waals surface area contributed by atoms with Crippen LogP contribution in [0.5, 0.6) is 0 Å². The van der Waals surface area contributed by atoms with Crippen molar-refractivity contribution in [2.45, 2.75) is 32.6 Å². The number of pyridine rings is 1. The van der Waals surface area contributed by atoms with E-state index in [-0.39, 0.29) is 0 Å². The van der Waals surface area contributed by atoms with Gasteiger partial charge in [-0.15, -0.1) is 0 Å². The van der Waals surface area contributed by atoms with Crippen molar-refractivity contribution in [1.29, 1.82) is 0 Å². The Labute approximate surface area is 152 Å². The summed E-state index contributed by atoms with van der Waals surface area (Å²) in [6.45, 7) is 5.88. The fraction of sp³-hybridized carbons (Fsp3) is 0.333. The number of carboxylic acid groups (broad SMARTS) is 1. The van der Waals surface area contributed by atoms with Gasteiger partial charge in [0, 0.05) is 27.9 Å². The number of aromatic amines is 1. The number of H-pyrrole nitrogens is 1. The molecule has 0 radical (unpaired) electrons. The smallest absolute Gasteiger partial charge is 0.338 e. The van der Waals surface area contributed by atoms with Crippen molar-refractivity contribution in [3.63, 3.8) is 0 Å². The zero-order valence-electron chi connectivity index (χ0n) is 15.1. The summed E-state index contributed by atoms with van der Waals surface area (Å²) in [5, 5.41) is 14.1. The molecule has 0 unspecified atom stereocenters. The van der Waals surface area contributed by atoms with Crippen molar-refractivity contribution < 1.29 is 9.90 Å². The zero-order valence-corrected chi connectivity index (χ0v) is 15.1. The molecule has 0 saturated carbocycles. The first-order valence-corrected chi connectivity index (χ1v) is 9.08. The summed E-state index contributed by atoms with van der Waals surface area (Å²) in [6, 6.07) is 10.1. The molecule has 5 heteroatoms. The van der Waals surface area contributed by atoms with Gasteiger partial charge in [-0.3, -0.25) is 4.98 Å². The molecule has 0 atom stereocenters. The second kappa shape index (κ2) is 6.57. The molecule has 0 spiro atoms. The number of benzene rings is 1. The Bertz CT molecular complexity index is 964. The number of aromatic nitrogens is 2. The third-order valence-corrected chi connectivity index (χ3v) is 5.22. The third kappa shape index (κ3) is 2.99. The topological polar surface area (TPSA) is 78.0 Å². The summed E-state index contributed by atoms with van der Waals surface area (Å²) in [6.07, 6.45) is 2.18. The van der Waals surface area contributed by atoms with Gasteiger partial charge in [0.25, 0.3) is 0 Å². The number of piperidine rings is 1. The molecule has 4 rings (SSSR count). The Hall–Kier alpha value is -2.66. The average molecular weight is 349 g/mol. The third-order valence-electron chi connectivity index (χ3n) is 5.22. The lowest BCUT2D eigenvalue weighted by Gasteiger charge is -2.23. The SMILES string of the molecule is Cc1cc(-c2[nH]c3ccc(C4CCNCC4)cc3c2C(=O)O)cc(C)n1. The van der Waals surface area contributed by atoms with Crippen molar-refractivity contribution in [2.24, 2.45) is 0 Å². The van der Waals surface area contributed by atoms with Gasteiger partial charge in [-0.1, -0.05) is 6.07 Å². The van der Waals surface area contributed by atoms with E-state index in [0.29, 0.717) is 17.2 Å². The van der Waals surface area contributed by atoms with Crippen LogP contribution in [0.25, 0.3) is 22.2 Å². The Morgan fingerprint density at radius 1 is 1.12 bits per heavy atom. The van der Waals surface area contributed by atoms with Crippen LogP contribution < -0.4 is 5.32 Å². The molecule has 3 N–H and O–H groups in total. The first kappa shape index (κ1) is 16.8. The molecular weight excluding hydrogens is 326 g/mol. The van der Waals surface area contributed by atoms with Crippen LogP contribution in [0.2, 0.25) is 0 Å². The molecular formula is C21H23N3O2. The monoisotopic (exact) mass is 349 g/mol. The van der Waals surface area contributed by atoms with Gasteiger partial charge < -0.3 is 15.4 Å². The number of nitrogens with one attached hydrogen (secondary N) is 2. The van der Waals surface area contributed by atoms with E-state index in [1.54, 1.807) is 0 Å². The maximum absolute atomic E-state index is 12.1. The van der Waals surface area contributed by atoms with Gasteiger partial charge in [-0.25, -0.2) is 4.79 Å². The molecule has 1 aliphatic heterocycles. The summed E-state index contributed by atoms with van der Waals surface area (Å²) >= 11 is 0. The summed E-state index contributed by atoms with van der Waals surface area (Å²) < 4.78 is 0. The van der Waals surface area contributed by atoms with Crippen molar-refractivity contribution in [2.75, 3.05) is 13.1 Å². The molecule has 1 fully saturated rings. The molecule has 0 aliphatic carbocycles. The predicted molar refractivity (Wildman–Crippen MR) is 103 cm³/mol. The molecule has 134 valence electrons. The molecule has 0 bridgehead atoms. The minimum atomic E-state index is -0.902. The van der Waals surface area contributed by atoms with Crippen molar-refractivity contribution >= 4 is 16.9 Å². The van der Waals surface area contributed by atoms with E-state index in [4.69, 9.17) is 0 Å². The molecule has 2 aromatic heterocycles. The predicted octanol–water partition coefficient (Wildman–Crippen LogP) is 4.01. The van der Waals surface area contributed by atoms with Gasteiger partial charge in [0.15, 0.2) is 0 Å². The number of aryl methyl sites for hydroxylation is 2. The van der Waals surface area contributed by atoms with Gasteiger partial charge in [-0.05, 0) is 75.5 Å². The minimum Gasteiger partial charge on any atom is -0.478 e. The number of hydrogen-bond acceptors (Lipinski definition) is 3. The van der Waals surface area contributed by atoms with Crippen molar-refractivity contribution in [3.05, 3.63) is 52.8 Å². The van der Waals surface area contributed by atoms with E-state index in [2.05, 4.69) is 27.4 Å². The normalized spacial score (nSPS) is 15.5. The standard InChI is InChI=1S/C21H23N3O2/c1-12-9-16(10-13(2)23-12)20-19(21(25)26)17-11-15(3-4-18(17)24-20)14-5-7-22-8-6-14/h3-4,9-11,14,22,24H,5-8H2,1-2H3,(H,25,26). The van der Waals surface area contributed by atoms with Crippen LogP contribution in [0.1, 0.15) is 46.1 Å². The Balaban J connectivity index is 1.88. The van der Waals surface area contributed by atoms with Crippen LogP contribution in [0.15, 0.2) is 30.3 Å². The van der Waals surface area contributed by atoms with Crippen molar-refractivity contribution in [1.82, 2.24) is 15.3 Å². The highest BCUT2D eigenvalue weighted by atomic mass is 16.4. The number of fused-ring (bicyclic) bond motifs is 1. The van der Waals surface area contributed by atoms with E-state index >= 15 is 0 Å². The summed E-state index contributed by atoms with van der Waals surface area (Å²) in [5.74, 6) is -0.410. The van der Waals surface area contributed by atoms with Crippen LogP contribution in [-0.2, 0) is 0 Å². The van der Waals surface area contributed by atoms with E-state index in [1.165, 1.54) is 5.56 Å². The van der Waals surface area contributed by atoms with Gasteiger partial charge in [0.2, 0.25) is 0 Å². The van der Waals surface area contributed by atoms with Crippen molar-refractivity contribution in [3.8, 4) is 11.3 Å². The Morgan fingerprint density at radius 3 is 2.46 bits per heavy atom. The number of rotatable bonds is 3. The maximum Gasteiger partial charge on any atom is 0.338 e. The summed E-state index contributed by atoms with van der Waals surface area (Å²) in [5.41, 5.74) is 5.73. The lowest BCUT2D eigenvalue weighted by Crippen LogP contribution is -2.26. The Morgan fingerprint density at radius 2 is 1.81 bits per heavy atom. The molecule has 1 saturated heterocycles. The van der Waals surface area contributed by atoms with E-state index < -0.39 is 5.97 Å². The molecule has 3 aromatic rings. The molecule has 0 amide bonds. The van der Waals surface area contributed by atoms with E-state index in [1.807, 2.05) is 32.0 Å². The second-order valence-electron chi connectivity index (χ2n) is 7.15. The lowest BCUT2D eigenvalue weighted by molar-refractivity contribution is 0.0700. The number of carboxylic acids is 1. The van der Waals surface area contributed by atoms with Crippen LogP contribution in [0.4, 0.5) is 0 Å². The summed E-state index contributed by atoms with van der Waals surface area (Å²) in [4.78, 5) is 19.8. The lowest BCUT2D eigenvalue weighted by atomic mass is 9.89. The molecule has 1 aromatic carbocycles. The number of nitrogens with zero attached hydrogens (tertiary/aromatic N) is 1. The molecule has 3 heterocycles. The zero-order chi connectivity index (χ0) is 18.3. The largest absolute Gasteiger partial charge is 0.478 e. The number of aromatic carboxylic acids is 1. The second-order valence-corrected chi connectivity index (χ2v) is 7.15. The fourth-order valence-electron chi connectivity index (χ4n) is 4.04. The highest BCUT2D eigenvalue weighted by molar-refractivity contribution is 6.09. The number of hydrogen-bond donors (Lipinski definition) is 3. The number of carbonyl (C=O) groups is 1. The summed E-state index contributed by atoms with van der Waals surface area (Å²) in [7, 11) is 0. The van der Waals surface area contributed by atoms with Gasteiger partial charge in [0.1, 0.15) is 0 Å². The quantitative estimate of drug-likeness (QED) is 0.667. The van der Waals surface area contributed by atoms with Crippen LogP contribution in [0, 0.1) is 13.8 Å². The van der Waals surface area contributed by atoms with E-state index in [9.17, 15) is 9.90 Å². The first-order valence-electron chi connectivity index (χ1n) is 9.08. The minimum absolute atomic E-state index is 0.348. The van der Waals surface area contributed by atoms with Crippen LogP contribution in [0.3, 0.4) is 0 Å². The van der Waals surface area contributed by atoms with Crippen LogP contribution >= 0.6 is 0 Å². The highest BCUT2D eigenvalue weighted by Gasteiger charge is 2.22. The first-order chi connectivity index (χ1) is 12.5.